The van der Waals surface area contributed by atoms with Gasteiger partial charge in [0, 0.05) is 13.1 Å². The molecule has 31 heavy (non-hydrogen) atoms. The Balaban J connectivity index is 2.22. The highest BCUT2D eigenvalue weighted by molar-refractivity contribution is 6.74. The Labute approximate surface area is 184 Å². The molecule has 0 radical (unpaired) electrons. The summed E-state index contributed by atoms with van der Waals surface area (Å²) in [5, 5.41) is 0.0451. The number of aromatic amines is 1. The van der Waals surface area contributed by atoms with E-state index in [0.717, 1.165) is 17.7 Å². The molecule has 2 aromatic heterocycles. The largest absolute Gasteiger partial charge is 0.543 e. The molecule has 0 aliphatic carbocycles. The number of para-hydroxylation sites is 1. The van der Waals surface area contributed by atoms with Gasteiger partial charge in [-0.3, -0.25) is 13.9 Å². The molecule has 8 heteroatoms. The average Bonchev–Trinajstić information content (AvgIpc) is 3.13. The van der Waals surface area contributed by atoms with Gasteiger partial charge in [0.2, 0.25) is 0 Å². The van der Waals surface area contributed by atoms with Crippen molar-refractivity contribution in [2.45, 2.75) is 78.7 Å². The van der Waals surface area contributed by atoms with Gasteiger partial charge in [0.25, 0.3) is 13.9 Å². The Morgan fingerprint density at radius 2 is 1.65 bits per heavy atom. The summed E-state index contributed by atoms with van der Waals surface area (Å²) in [7, 11) is -2.07. The minimum atomic E-state index is -2.07. The lowest BCUT2D eigenvalue weighted by Crippen LogP contribution is -2.44. The Morgan fingerprint density at radius 3 is 2.26 bits per heavy atom. The van der Waals surface area contributed by atoms with Gasteiger partial charge in [-0.05, 0) is 43.1 Å². The summed E-state index contributed by atoms with van der Waals surface area (Å²) in [5.74, 6) is 1.28. The molecule has 3 rings (SSSR count). The van der Waals surface area contributed by atoms with Crippen molar-refractivity contribution in [2.24, 2.45) is 0 Å². The lowest BCUT2D eigenvalue weighted by Gasteiger charge is -2.36. The quantitative estimate of drug-likeness (QED) is 0.535. The molecular weight excluding hydrogens is 408 g/mol. The van der Waals surface area contributed by atoms with Gasteiger partial charge in [-0.25, -0.2) is 9.78 Å². The smallest absolute Gasteiger partial charge is 0.332 e. The molecule has 0 spiro atoms. The van der Waals surface area contributed by atoms with Gasteiger partial charge in [0.15, 0.2) is 5.65 Å². The number of hydrogen-bond acceptors (Lipinski definition) is 4. The first-order chi connectivity index (χ1) is 14.5. The number of hydrogen-bond donors (Lipinski definition) is 1. The number of fused-ring (bicyclic) bond motifs is 1. The van der Waals surface area contributed by atoms with Crippen molar-refractivity contribution >= 4 is 19.5 Å². The molecule has 0 bridgehead atoms. The van der Waals surface area contributed by atoms with E-state index in [1.165, 1.54) is 4.57 Å². The van der Waals surface area contributed by atoms with Crippen molar-refractivity contribution in [3.8, 4) is 17.1 Å². The van der Waals surface area contributed by atoms with Crippen molar-refractivity contribution in [3.63, 3.8) is 0 Å². The molecule has 1 N–H and O–H groups in total. The number of nitrogens with one attached hydrogen (secondary N) is 1. The molecule has 3 aromatic rings. The molecule has 1 aromatic carbocycles. The Bertz CT molecular complexity index is 1200. The van der Waals surface area contributed by atoms with E-state index in [2.05, 4.69) is 38.8 Å². The normalized spacial score (nSPS) is 12.5. The maximum absolute atomic E-state index is 13.0. The van der Waals surface area contributed by atoms with Crippen LogP contribution in [-0.2, 0) is 13.1 Å². The van der Waals surface area contributed by atoms with Crippen molar-refractivity contribution in [1.29, 1.82) is 0 Å². The van der Waals surface area contributed by atoms with Crippen LogP contribution in [0.5, 0.6) is 5.75 Å². The lowest BCUT2D eigenvalue weighted by molar-refractivity contribution is 0.493. The van der Waals surface area contributed by atoms with E-state index in [1.807, 2.05) is 38.1 Å². The summed E-state index contributed by atoms with van der Waals surface area (Å²) >= 11 is 0. The van der Waals surface area contributed by atoms with E-state index >= 15 is 0 Å². The highest BCUT2D eigenvalue weighted by atomic mass is 28.4. The highest BCUT2D eigenvalue weighted by Gasteiger charge is 2.39. The maximum atomic E-state index is 13.0. The van der Waals surface area contributed by atoms with E-state index in [9.17, 15) is 9.59 Å². The minimum absolute atomic E-state index is 0.0451. The van der Waals surface area contributed by atoms with Crippen molar-refractivity contribution in [1.82, 2.24) is 19.1 Å². The summed E-state index contributed by atoms with van der Waals surface area (Å²) < 4.78 is 9.47. The highest BCUT2D eigenvalue weighted by Crippen LogP contribution is 2.39. The van der Waals surface area contributed by atoms with Gasteiger partial charge in [-0.1, -0.05) is 46.8 Å². The van der Waals surface area contributed by atoms with Crippen LogP contribution in [0, 0.1) is 0 Å². The zero-order valence-electron chi connectivity index (χ0n) is 19.7. The second-order valence-electron chi connectivity index (χ2n) is 9.53. The van der Waals surface area contributed by atoms with Crippen LogP contribution in [0.1, 0.15) is 47.5 Å². The van der Waals surface area contributed by atoms with Crippen LogP contribution >= 0.6 is 0 Å². The fourth-order valence-electron chi connectivity index (χ4n) is 3.32. The van der Waals surface area contributed by atoms with Gasteiger partial charge in [0.1, 0.15) is 17.1 Å². The second-order valence-corrected chi connectivity index (χ2v) is 14.3. The number of rotatable bonds is 7. The van der Waals surface area contributed by atoms with E-state index in [4.69, 9.17) is 9.41 Å². The van der Waals surface area contributed by atoms with E-state index < -0.39 is 8.32 Å². The van der Waals surface area contributed by atoms with Crippen LogP contribution < -0.4 is 15.7 Å². The Morgan fingerprint density at radius 1 is 1.03 bits per heavy atom. The minimum Gasteiger partial charge on any atom is -0.543 e. The molecule has 7 nitrogen and oxygen atoms in total. The third kappa shape index (κ3) is 4.26. The standard InChI is InChI=1S/C23H34N4O3Si/c1-8-14-26-20-18(21(28)27(15-9-2)22(26)29)24-19(25-20)16-12-10-11-13-17(16)30-31(6,7)23(3,4)5/h10-13H,8-9,14-15H2,1-7H3,(H,24,25). The van der Waals surface area contributed by atoms with Crippen molar-refractivity contribution < 1.29 is 4.43 Å². The summed E-state index contributed by atoms with van der Waals surface area (Å²) in [5.41, 5.74) is 0.932. The van der Waals surface area contributed by atoms with Gasteiger partial charge in [0.05, 0.1) is 5.56 Å². The predicted octanol–water partition coefficient (Wildman–Crippen LogP) is 4.76. The van der Waals surface area contributed by atoms with Crippen molar-refractivity contribution in [3.05, 3.63) is 45.1 Å². The van der Waals surface area contributed by atoms with Gasteiger partial charge >= 0.3 is 5.69 Å². The van der Waals surface area contributed by atoms with Gasteiger partial charge in [-0.2, -0.15) is 0 Å². The average molecular weight is 443 g/mol. The third-order valence-corrected chi connectivity index (χ3v) is 10.4. The Kier molecular flexibility index (Phi) is 6.32. The van der Waals surface area contributed by atoms with Crippen LogP contribution in [0.2, 0.25) is 18.1 Å². The lowest BCUT2D eigenvalue weighted by atomic mass is 10.2. The van der Waals surface area contributed by atoms with E-state index in [0.29, 0.717) is 36.5 Å². The number of imidazole rings is 1. The van der Waals surface area contributed by atoms with Crippen LogP contribution in [0.4, 0.5) is 0 Å². The molecule has 0 fully saturated rings. The molecule has 0 saturated carbocycles. The maximum Gasteiger partial charge on any atom is 0.332 e. The molecule has 0 saturated heterocycles. The number of benzene rings is 1. The van der Waals surface area contributed by atoms with Gasteiger partial charge in [-0.15, -0.1) is 0 Å². The number of H-pyrrole nitrogens is 1. The summed E-state index contributed by atoms with van der Waals surface area (Å²) in [6.07, 6.45) is 1.48. The number of aromatic nitrogens is 4. The number of nitrogens with zero attached hydrogens (tertiary/aromatic N) is 3. The SMILES string of the molecule is CCCn1c(=O)c2[nH]c(-c3ccccc3O[Si](C)(C)C(C)(C)C)nc2n(CCC)c1=O. The molecule has 168 valence electrons. The zero-order valence-corrected chi connectivity index (χ0v) is 20.7. The summed E-state index contributed by atoms with van der Waals surface area (Å²) in [4.78, 5) is 33.9. The van der Waals surface area contributed by atoms with Crippen LogP contribution in [0.15, 0.2) is 33.9 Å². The molecule has 0 atom stereocenters. The topological polar surface area (TPSA) is 81.9 Å². The molecule has 0 amide bonds. The second kappa shape index (κ2) is 8.49. The number of aryl methyl sites for hydroxylation is 1. The van der Waals surface area contributed by atoms with Crippen LogP contribution in [-0.4, -0.2) is 27.4 Å². The van der Waals surface area contributed by atoms with Crippen molar-refractivity contribution in [2.75, 3.05) is 0 Å². The summed E-state index contributed by atoms with van der Waals surface area (Å²) in [6.45, 7) is 15.8. The van der Waals surface area contributed by atoms with E-state index in [-0.39, 0.29) is 16.3 Å². The monoisotopic (exact) mass is 442 g/mol. The third-order valence-electron chi connectivity index (χ3n) is 6.07. The predicted molar refractivity (Wildman–Crippen MR) is 128 cm³/mol. The van der Waals surface area contributed by atoms with E-state index in [1.54, 1.807) is 4.57 Å². The fourth-order valence-corrected chi connectivity index (χ4v) is 4.35. The molecule has 2 heterocycles. The van der Waals surface area contributed by atoms with Crippen LogP contribution in [0.3, 0.4) is 0 Å². The molecule has 0 aliphatic rings. The first-order valence-electron chi connectivity index (χ1n) is 11.0. The first kappa shape index (κ1) is 23.1. The molecular formula is C23H34N4O3Si. The zero-order chi connectivity index (χ0) is 23.0. The molecule has 0 aliphatic heterocycles. The first-order valence-corrected chi connectivity index (χ1v) is 13.9. The Hall–Kier alpha value is -2.61. The van der Waals surface area contributed by atoms with Gasteiger partial charge < -0.3 is 9.41 Å². The van der Waals surface area contributed by atoms with Crippen LogP contribution in [0.25, 0.3) is 22.6 Å². The fraction of sp³-hybridized carbons (Fsp3) is 0.522. The molecule has 0 unspecified atom stereocenters. The summed E-state index contributed by atoms with van der Waals surface area (Å²) in [6, 6.07) is 7.75.